The van der Waals surface area contributed by atoms with Gasteiger partial charge in [0.05, 0.1) is 35.0 Å². The number of hydrogen-bond acceptors (Lipinski definition) is 6. The number of aromatic nitrogens is 1. The number of nitro groups is 1. The summed E-state index contributed by atoms with van der Waals surface area (Å²) in [5, 5.41) is 16.1. The Morgan fingerprint density at radius 2 is 2.04 bits per heavy atom. The monoisotopic (exact) mass is 336 g/mol. The minimum atomic E-state index is -0.432. The zero-order chi connectivity index (χ0) is 17.8. The number of pyridine rings is 1. The number of rotatable bonds is 5. The molecule has 126 valence electrons. The van der Waals surface area contributed by atoms with Crippen molar-refractivity contribution in [3.63, 3.8) is 0 Å². The second-order valence-electron chi connectivity index (χ2n) is 5.38. The Kier molecular flexibility index (Phi) is 4.56. The Bertz CT molecular complexity index is 970. The maximum absolute atomic E-state index is 11.0. The van der Waals surface area contributed by atoms with Crippen molar-refractivity contribution in [2.45, 2.75) is 6.92 Å². The molecule has 0 saturated heterocycles. The normalized spacial score (nSPS) is 11.0. The molecule has 0 spiro atoms. The Labute approximate surface area is 144 Å². The SMILES string of the molecule is COc1ccc2nc(C)cc(N/N=C/c3ccccc3[N+](=O)[O-])c2c1. The largest absolute Gasteiger partial charge is 0.497 e. The number of nitrogens with one attached hydrogen (secondary N) is 1. The van der Waals surface area contributed by atoms with Gasteiger partial charge in [-0.3, -0.25) is 20.5 Å². The van der Waals surface area contributed by atoms with E-state index in [-0.39, 0.29) is 5.69 Å². The predicted molar refractivity (Wildman–Crippen MR) is 97.3 cm³/mol. The summed E-state index contributed by atoms with van der Waals surface area (Å²) in [5.74, 6) is 0.712. The van der Waals surface area contributed by atoms with Crippen LogP contribution < -0.4 is 10.2 Å². The summed E-state index contributed by atoms with van der Waals surface area (Å²) < 4.78 is 5.25. The molecule has 0 saturated carbocycles. The zero-order valence-corrected chi connectivity index (χ0v) is 13.8. The van der Waals surface area contributed by atoms with Gasteiger partial charge in [0.15, 0.2) is 0 Å². The maximum Gasteiger partial charge on any atom is 0.278 e. The lowest BCUT2D eigenvalue weighted by Crippen LogP contribution is -1.97. The molecule has 1 N–H and O–H groups in total. The van der Waals surface area contributed by atoms with E-state index in [1.54, 1.807) is 25.3 Å². The van der Waals surface area contributed by atoms with Crippen LogP contribution in [0.5, 0.6) is 5.75 Å². The average molecular weight is 336 g/mol. The quantitative estimate of drug-likeness (QED) is 0.433. The second kappa shape index (κ2) is 6.96. The molecule has 0 aliphatic heterocycles. The lowest BCUT2D eigenvalue weighted by atomic mass is 10.1. The van der Waals surface area contributed by atoms with Gasteiger partial charge in [-0.25, -0.2) is 0 Å². The van der Waals surface area contributed by atoms with E-state index in [1.807, 2.05) is 31.2 Å². The smallest absolute Gasteiger partial charge is 0.278 e. The molecule has 1 heterocycles. The fraction of sp³-hybridized carbons (Fsp3) is 0.111. The third-order valence-electron chi connectivity index (χ3n) is 3.67. The van der Waals surface area contributed by atoms with Gasteiger partial charge in [0, 0.05) is 17.1 Å². The van der Waals surface area contributed by atoms with Crippen LogP contribution >= 0.6 is 0 Å². The van der Waals surface area contributed by atoms with E-state index in [2.05, 4.69) is 15.5 Å². The number of aryl methyl sites for hydroxylation is 1. The van der Waals surface area contributed by atoms with E-state index >= 15 is 0 Å². The summed E-state index contributed by atoms with van der Waals surface area (Å²) >= 11 is 0. The first-order valence-corrected chi connectivity index (χ1v) is 7.56. The Morgan fingerprint density at radius 1 is 1.24 bits per heavy atom. The predicted octanol–water partition coefficient (Wildman–Crippen LogP) is 3.91. The van der Waals surface area contributed by atoms with Gasteiger partial charge >= 0.3 is 0 Å². The molecular weight excluding hydrogens is 320 g/mol. The molecule has 0 radical (unpaired) electrons. The van der Waals surface area contributed by atoms with Crippen LogP contribution in [0.15, 0.2) is 53.6 Å². The third-order valence-corrected chi connectivity index (χ3v) is 3.67. The highest BCUT2D eigenvalue weighted by Gasteiger charge is 2.10. The summed E-state index contributed by atoms with van der Waals surface area (Å²) in [7, 11) is 1.60. The molecular formula is C18H16N4O3. The lowest BCUT2D eigenvalue weighted by molar-refractivity contribution is -0.385. The Balaban J connectivity index is 1.94. The van der Waals surface area contributed by atoms with Crippen molar-refractivity contribution in [3.05, 3.63) is 69.9 Å². The van der Waals surface area contributed by atoms with Crippen molar-refractivity contribution >= 4 is 28.5 Å². The molecule has 0 fully saturated rings. The summed E-state index contributed by atoms with van der Waals surface area (Å²) in [4.78, 5) is 15.1. The van der Waals surface area contributed by atoms with E-state index in [1.165, 1.54) is 12.3 Å². The van der Waals surface area contributed by atoms with Crippen molar-refractivity contribution in [3.8, 4) is 5.75 Å². The van der Waals surface area contributed by atoms with Crippen LogP contribution in [0, 0.1) is 17.0 Å². The molecule has 3 rings (SSSR count). The van der Waals surface area contributed by atoms with Crippen LogP contribution in [0.25, 0.3) is 10.9 Å². The summed E-state index contributed by atoms with van der Waals surface area (Å²) in [6.07, 6.45) is 1.43. The van der Waals surface area contributed by atoms with Crippen molar-refractivity contribution < 1.29 is 9.66 Å². The standard InChI is InChI=1S/C18H16N4O3/c1-12-9-17(15-10-14(25-2)7-8-16(15)20-12)21-19-11-13-5-3-4-6-18(13)22(23)24/h3-11H,1-2H3,(H,20,21)/b19-11+. The first-order chi connectivity index (χ1) is 12.1. The number of benzene rings is 2. The van der Waals surface area contributed by atoms with Gasteiger partial charge in [-0.05, 0) is 37.3 Å². The molecule has 3 aromatic rings. The minimum absolute atomic E-state index is 0.00508. The maximum atomic E-state index is 11.0. The van der Waals surface area contributed by atoms with Gasteiger partial charge in [-0.15, -0.1) is 0 Å². The van der Waals surface area contributed by atoms with E-state index in [0.29, 0.717) is 11.3 Å². The fourth-order valence-corrected chi connectivity index (χ4v) is 2.49. The molecule has 0 atom stereocenters. The van der Waals surface area contributed by atoms with Crippen molar-refractivity contribution in [2.24, 2.45) is 5.10 Å². The van der Waals surface area contributed by atoms with E-state index in [4.69, 9.17) is 4.74 Å². The molecule has 1 aromatic heterocycles. The number of anilines is 1. The highest BCUT2D eigenvalue weighted by atomic mass is 16.6. The number of nitrogens with zero attached hydrogens (tertiary/aromatic N) is 3. The molecule has 0 amide bonds. The molecule has 0 unspecified atom stereocenters. The van der Waals surface area contributed by atoms with Crippen molar-refractivity contribution in [1.82, 2.24) is 4.98 Å². The lowest BCUT2D eigenvalue weighted by Gasteiger charge is -2.08. The van der Waals surface area contributed by atoms with Gasteiger partial charge in [-0.2, -0.15) is 5.10 Å². The second-order valence-corrected chi connectivity index (χ2v) is 5.38. The minimum Gasteiger partial charge on any atom is -0.497 e. The third kappa shape index (κ3) is 3.55. The summed E-state index contributed by atoms with van der Waals surface area (Å²) in [6, 6.07) is 13.9. The van der Waals surface area contributed by atoms with Crippen molar-refractivity contribution in [1.29, 1.82) is 0 Å². The number of methoxy groups -OCH3 is 1. The molecule has 25 heavy (non-hydrogen) atoms. The van der Waals surface area contributed by atoms with E-state index in [0.717, 1.165) is 22.3 Å². The number of para-hydroxylation sites is 1. The molecule has 0 bridgehead atoms. The Morgan fingerprint density at radius 3 is 2.80 bits per heavy atom. The Hall–Kier alpha value is -3.48. The van der Waals surface area contributed by atoms with Crippen LogP contribution in [0.2, 0.25) is 0 Å². The number of hydrogen-bond donors (Lipinski definition) is 1. The summed E-state index contributed by atoms with van der Waals surface area (Å²) in [5.41, 5.74) is 5.76. The molecule has 2 aromatic carbocycles. The highest BCUT2D eigenvalue weighted by molar-refractivity contribution is 5.93. The van der Waals surface area contributed by atoms with Gasteiger partial charge in [0.1, 0.15) is 5.75 Å². The number of nitro benzene ring substituents is 1. The molecule has 0 aliphatic carbocycles. The highest BCUT2D eigenvalue weighted by Crippen LogP contribution is 2.27. The van der Waals surface area contributed by atoms with E-state index in [9.17, 15) is 10.1 Å². The number of fused-ring (bicyclic) bond motifs is 1. The van der Waals surface area contributed by atoms with E-state index < -0.39 is 4.92 Å². The van der Waals surface area contributed by atoms with Crippen LogP contribution in [-0.4, -0.2) is 23.2 Å². The average Bonchev–Trinajstić information content (AvgIpc) is 2.61. The van der Waals surface area contributed by atoms with Gasteiger partial charge in [0.2, 0.25) is 0 Å². The van der Waals surface area contributed by atoms with Crippen LogP contribution in [0.4, 0.5) is 11.4 Å². The van der Waals surface area contributed by atoms with Gasteiger partial charge in [0.25, 0.3) is 5.69 Å². The molecule has 7 nitrogen and oxygen atoms in total. The number of ether oxygens (including phenoxy) is 1. The molecule has 0 aliphatic rings. The van der Waals surface area contributed by atoms with Crippen LogP contribution in [-0.2, 0) is 0 Å². The fourth-order valence-electron chi connectivity index (χ4n) is 2.49. The molecule has 7 heteroatoms. The van der Waals surface area contributed by atoms with Crippen LogP contribution in [0.3, 0.4) is 0 Å². The van der Waals surface area contributed by atoms with Gasteiger partial charge in [-0.1, -0.05) is 12.1 Å². The topological polar surface area (TPSA) is 89.7 Å². The zero-order valence-electron chi connectivity index (χ0n) is 13.8. The first-order valence-electron chi connectivity index (χ1n) is 7.56. The van der Waals surface area contributed by atoms with Crippen molar-refractivity contribution in [2.75, 3.05) is 12.5 Å². The van der Waals surface area contributed by atoms with Gasteiger partial charge < -0.3 is 4.74 Å². The summed E-state index contributed by atoms with van der Waals surface area (Å²) in [6.45, 7) is 1.89. The van der Waals surface area contributed by atoms with Crippen LogP contribution in [0.1, 0.15) is 11.3 Å². The first kappa shape index (κ1) is 16.4. The number of hydrazone groups is 1.